The van der Waals surface area contributed by atoms with Crippen molar-refractivity contribution in [2.24, 2.45) is 11.8 Å². The van der Waals surface area contributed by atoms with Gasteiger partial charge in [-0.2, -0.15) is 0 Å². The second-order valence-corrected chi connectivity index (χ2v) is 7.53. The number of hydrogen-bond acceptors (Lipinski definition) is 4. The molecule has 2 fully saturated rings. The molecular weight excluding hydrogens is 330 g/mol. The minimum absolute atomic E-state index is 0.0337. The highest BCUT2D eigenvalue weighted by molar-refractivity contribution is 5.94. The van der Waals surface area contributed by atoms with Gasteiger partial charge in [-0.25, -0.2) is 0 Å². The van der Waals surface area contributed by atoms with Crippen molar-refractivity contribution in [3.05, 3.63) is 30.1 Å². The molecule has 2 atom stereocenters. The highest BCUT2D eigenvalue weighted by Crippen LogP contribution is 2.30. The number of pyridine rings is 1. The molecule has 6 heteroatoms. The number of nitrogens with zero attached hydrogens (tertiary/aromatic N) is 3. The monoisotopic (exact) mass is 359 g/mol. The number of likely N-dealkylation sites (tertiary alicyclic amines) is 2. The molecule has 1 aromatic heterocycles. The van der Waals surface area contributed by atoms with Crippen LogP contribution in [0.3, 0.4) is 0 Å². The van der Waals surface area contributed by atoms with Crippen molar-refractivity contribution in [1.82, 2.24) is 14.8 Å². The van der Waals surface area contributed by atoms with E-state index >= 15 is 0 Å². The van der Waals surface area contributed by atoms with E-state index in [2.05, 4.69) is 11.9 Å². The van der Waals surface area contributed by atoms with Gasteiger partial charge in [0, 0.05) is 45.0 Å². The van der Waals surface area contributed by atoms with Crippen LogP contribution < -0.4 is 0 Å². The fourth-order valence-corrected chi connectivity index (χ4v) is 4.14. The highest BCUT2D eigenvalue weighted by Gasteiger charge is 2.33. The van der Waals surface area contributed by atoms with Crippen molar-refractivity contribution < 1.29 is 14.7 Å². The molecule has 3 rings (SSSR count). The Kier molecular flexibility index (Phi) is 6.25. The average Bonchev–Trinajstić information content (AvgIpc) is 2.69. The molecule has 2 aliphatic rings. The first-order chi connectivity index (χ1) is 12.6. The third kappa shape index (κ3) is 4.41. The Morgan fingerprint density at radius 3 is 2.54 bits per heavy atom. The predicted molar refractivity (Wildman–Crippen MR) is 98.5 cm³/mol. The quantitative estimate of drug-likeness (QED) is 0.892. The van der Waals surface area contributed by atoms with Crippen LogP contribution in [0.15, 0.2) is 24.5 Å². The summed E-state index contributed by atoms with van der Waals surface area (Å²) in [7, 11) is 0. The standard InChI is InChI=1S/C20H29N3O3/c1-2-15-14-23(20(26)17-4-3-8-21-13-17)9-5-16(15)12-19(25)22-10-6-18(24)7-11-22/h3-4,8,13,15-16,18,24H,2,5-7,9-12,14H2,1H3. The van der Waals surface area contributed by atoms with Gasteiger partial charge in [0.05, 0.1) is 11.7 Å². The number of aromatic nitrogens is 1. The Hall–Kier alpha value is -1.95. The lowest BCUT2D eigenvalue weighted by Crippen LogP contribution is -2.46. The number of piperidine rings is 2. The summed E-state index contributed by atoms with van der Waals surface area (Å²) < 4.78 is 0. The summed E-state index contributed by atoms with van der Waals surface area (Å²) in [4.78, 5) is 33.1. The third-order valence-corrected chi connectivity index (χ3v) is 5.87. The summed E-state index contributed by atoms with van der Waals surface area (Å²) in [6.07, 6.45) is 6.78. The zero-order valence-electron chi connectivity index (χ0n) is 15.5. The Morgan fingerprint density at radius 1 is 1.15 bits per heavy atom. The van der Waals surface area contributed by atoms with E-state index in [-0.39, 0.29) is 17.9 Å². The van der Waals surface area contributed by atoms with Crippen LogP contribution in [0.1, 0.15) is 49.4 Å². The summed E-state index contributed by atoms with van der Waals surface area (Å²) in [6, 6.07) is 3.59. The maximum Gasteiger partial charge on any atom is 0.255 e. The fraction of sp³-hybridized carbons (Fsp3) is 0.650. The molecule has 0 bridgehead atoms. The van der Waals surface area contributed by atoms with E-state index in [4.69, 9.17) is 0 Å². The molecule has 2 amide bonds. The number of aliphatic hydroxyl groups excluding tert-OH is 1. The van der Waals surface area contributed by atoms with Crippen molar-refractivity contribution in [3.8, 4) is 0 Å². The SMILES string of the molecule is CCC1CN(C(=O)c2cccnc2)CCC1CC(=O)N1CCC(O)CC1. The van der Waals surface area contributed by atoms with E-state index < -0.39 is 0 Å². The second kappa shape index (κ2) is 8.62. The third-order valence-electron chi connectivity index (χ3n) is 5.87. The van der Waals surface area contributed by atoms with Gasteiger partial charge in [-0.3, -0.25) is 14.6 Å². The topological polar surface area (TPSA) is 73.7 Å². The van der Waals surface area contributed by atoms with Crippen molar-refractivity contribution in [3.63, 3.8) is 0 Å². The average molecular weight is 359 g/mol. The lowest BCUT2D eigenvalue weighted by Gasteiger charge is -2.39. The van der Waals surface area contributed by atoms with Crippen molar-refractivity contribution in [2.75, 3.05) is 26.2 Å². The number of rotatable bonds is 4. The van der Waals surface area contributed by atoms with Gasteiger partial charge in [-0.05, 0) is 43.2 Å². The summed E-state index contributed by atoms with van der Waals surface area (Å²) in [5.74, 6) is 0.916. The van der Waals surface area contributed by atoms with Gasteiger partial charge in [-0.1, -0.05) is 13.3 Å². The highest BCUT2D eigenvalue weighted by atomic mass is 16.3. The molecule has 0 aromatic carbocycles. The number of aliphatic hydroxyl groups is 1. The first kappa shape index (κ1) is 18.8. The van der Waals surface area contributed by atoms with Gasteiger partial charge >= 0.3 is 0 Å². The molecule has 2 saturated heterocycles. The lowest BCUT2D eigenvalue weighted by molar-refractivity contribution is -0.135. The van der Waals surface area contributed by atoms with Crippen molar-refractivity contribution in [1.29, 1.82) is 0 Å². The molecule has 0 aliphatic carbocycles. The predicted octanol–water partition coefficient (Wildman–Crippen LogP) is 1.94. The molecule has 0 saturated carbocycles. The first-order valence-corrected chi connectivity index (χ1v) is 9.73. The van der Waals surface area contributed by atoms with E-state index in [0.717, 1.165) is 12.8 Å². The smallest absolute Gasteiger partial charge is 0.255 e. The lowest BCUT2D eigenvalue weighted by atomic mass is 9.81. The fourth-order valence-electron chi connectivity index (χ4n) is 4.14. The molecule has 2 unspecified atom stereocenters. The first-order valence-electron chi connectivity index (χ1n) is 9.73. The normalized spacial score (nSPS) is 24.5. The van der Waals surface area contributed by atoms with Gasteiger partial charge in [-0.15, -0.1) is 0 Å². The van der Waals surface area contributed by atoms with Gasteiger partial charge in [0.1, 0.15) is 0 Å². The zero-order chi connectivity index (χ0) is 18.5. The van der Waals surface area contributed by atoms with E-state index in [1.807, 2.05) is 9.80 Å². The van der Waals surface area contributed by atoms with Gasteiger partial charge < -0.3 is 14.9 Å². The zero-order valence-corrected chi connectivity index (χ0v) is 15.5. The molecule has 1 N–H and O–H groups in total. The van der Waals surface area contributed by atoms with Crippen LogP contribution in [-0.2, 0) is 4.79 Å². The Balaban J connectivity index is 1.56. The van der Waals surface area contributed by atoms with Crippen LogP contribution >= 0.6 is 0 Å². The van der Waals surface area contributed by atoms with Crippen molar-refractivity contribution >= 4 is 11.8 Å². The van der Waals surface area contributed by atoms with Crippen LogP contribution in [0.25, 0.3) is 0 Å². The molecule has 26 heavy (non-hydrogen) atoms. The van der Waals surface area contributed by atoms with E-state index in [1.54, 1.807) is 24.5 Å². The molecule has 1 aromatic rings. The number of carbonyl (C=O) groups is 2. The molecular formula is C20H29N3O3. The van der Waals surface area contributed by atoms with E-state index in [1.165, 1.54) is 0 Å². The van der Waals surface area contributed by atoms with E-state index in [0.29, 0.717) is 62.8 Å². The number of amides is 2. The van der Waals surface area contributed by atoms with E-state index in [9.17, 15) is 14.7 Å². The minimum atomic E-state index is -0.260. The maximum atomic E-state index is 12.7. The van der Waals surface area contributed by atoms with Crippen LogP contribution in [-0.4, -0.2) is 64.0 Å². The molecule has 0 spiro atoms. The number of carbonyl (C=O) groups excluding carboxylic acids is 2. The van der Waals surface area contributed by atoms with Crippen LogP contribution in [0.4, 0.5) is 0 Å². The Bertz CT molecular complexity index is 614. The second-order valence-electron chi connectivity index (χ2n) is 7.53. The molecule has 6 nitrogen and oxygen atoms in total. The van der Waals surface area contributed by atoms with Crippen molar-refractivity contribution in [2.45, 2.75) is 45.1 Å². The molecule has 2 aliphatic heterocycles. The summed E-state index contributed by atoms with van der Waals surface area (Å²) in [5.41, 5.74) is 0.628. The molecule has 142 valence electrons. The molecule has 3 heterocycles. The largest absolute Gasteiger partial charge is 0.393 e. The van der Waals surface area contributed by atoms with Gasteiger partial charge in [0.2, 0.25) is 5.91 Å². The summed E-state index contributed by atoms with van der Waals surface area (Å²) in [6.45, 7) is 4.86. The Morgan fingerprint density at radius 2 is 1.88 bits per heavy atom. The summed E-state index contributed by atoms with van der Waals surface area (Å²) in [5, 5.41) is 9.61. The minimum Gasteiger partial charge on any atom is -0.393 e. The Labute approximate surface area is 155 Å². The molecule has 0 radical (unpaired) electrons. The van der Waals surface area contributed by atoms with Crippen LogP contribution in [0, 0.1) is 11.8 Å². The summed E-state index contributed by atoms with van der Waals surface area (Å²) >= 11 is 0. The maximum absolute atomic E-state index is 12.7. The van der Waals surface area contributed by atoms with Crippen LogP contribution in [0.5, 0.6) is 0 Å². The van der Waals surface area contributed by atoms with Crippen LogP contribution in [0.2, 0.25) is 0 Å². The van der Waals surface area contributed by atoms with Gasteiger partial charge in [0.25, 0.3) is 5.91 Å². The van der Waals surface area contributed by atoms with Gasteiger partial charge in [0.15, 0.2) is 0 Å². The number of hydrogen-bond donors (Lipinski definition) is 1.